The van der Waals surface area contributed by atoms with Gasteiger partial charge in [0, 0.05) is 19.0 Å². The van der Waals surface area contributed by atoms with Crippen LogP contribution in [-0.4, -0.2) is 50.0 Å². The summed E-state index contributed by atoms with van der Waals surface area (Å²) in [5.74, 6) is -1.30. The minimum absolute atomic E-state index is 0.00598. The fourth-order valence-corrected chi connectivity index (χ4v) is 5.45. The number of hydrogen-bond donors (Lipinski definition) is 1. The second-order valence-corrected chi connectivity index (χ2v) is 12.6. The summed E-state index contributed by atoms with van der Waals surface area (Å²) in [5.41, 5.74) is 2.66. The summed E-state index contributed by atoms with van der Waals surface area (Å²) in [6.45, 7) is 7.25. The Morgan fingerprint density at radius 2 is 1.49 bits per heavy atom. The first-order valence-corrected chi connectivity index (χ1v) is 15.7. The topological polar surface area (TPSA) is 86.8 Å². The molecule has 3 aromatic rings. The summed E-state index contributed by atoms with van der Waals surface area (Å²) < 4.78 is 41.0. The SMILES string of the molecule is CC[C@H](C)NC(=O)[C@H](Cc1ccccc1)N(Cc1ccc(F)cc1)C(=O)CN(c1ccccc1C(C)C)S(C)(=O)=O. The van der Waals surface area contributed by atoms with E-state index in [2.05, 4.69) is 5.32 Å². The molecule has 0 aliphatic rings. The van der Waals surface area contributed by atoms with E-state index < -0.39 is 34.3 Å². The molecule has 7 nitrogen and oxygen atoms in total. The molecule has 0 aromatic heterocycles. The minimum atomic E-state index is -3.87. The van der Waals surface area contributed by atoms with Crippen molar-refractivity contribution in [3.8, 4) is 0 Å². The van der Waals surface area contributed by atoms with Crippen molar-refractivity contribution in [2.75, 3.05) is 17.1 Å². The maximum Gasteiger partial charge on any atom is 0.244 e. The number of sulfonamides is 1. The lowest BCUT2D eigenvalue weighted by molar-refractivity contribution is -0.140. The summed E-state index contributed by atoms with van der Waals surface area (Å²) in [6, 6.07) is 21.1. The van der Waals surface area contributed by atoms with Gasteiger partial charge >= 0.3 is 0 Å². The number of amides is 2. The Kier molecular flexibility index (Phi) is 11.1. The number of nitrogens with one attached hydrogen (secondary N) is 1. The molecule has 1 N–H and O–H groups in total. The maximum absolute atomic E-state index is 14.2. The summed E-state index contributed by atoms with van der Waals surface area (Å²) in [5, 5.41) is 2.99. The molecule has 0 radical (unpaired) electrons. The summed E-state index contributed by atoms with van der Waals surface area (Å²) in [7, 11) is -3.87. The van der Waals surface area contributed by atoms with E-state index in [0.29, 0.717) is 17.7 Å². The lowest BCUT2D eigenvalue weighted by Gasteiger charge is -2.34. The number of carbonyl (C=O) groups excluding carboxylic acids is 2. The molecule has 0 spiro atoms. The van der Waals surface area contributed by atoms with Crippen LogP contribution in [0.1, 0.15) is 56.7 Å². The molecule has 0 saturated heterocycles. The zero-order valence-electron chi connectivity index (χ0n) is 24.4. The van der Waals surface area contributed by atoms with Gasteiger partial charge in [-0.25, -0.2) is 12.8 Å². The number of rotatable bonds is 13. The largest absolute Gasteiger partial charge is 0.352 e. The van der Waals surface area contributed by atoms with Gasteiger partial charge in [0.1, 0.15) is 18.4 Å². The number of hydrogen-bond acceptors (Lipinski definition) is 4. The molecule has 2 amide bonds. The molecule has 0 aliphatic carbocycles. The third-order valence-corrected chi connectivity index (χ3v) is 8.17. The van der Waals surface area contributed by atoms with E-state index in [1.165, 1.54) is 17.0 Å². The number of para-hydroxylation sites is 1. The molecule has 0 heterocycles. The Labute approximate surface area is 243 Å². The molecule has 0 unspecified atom stereocenters. The standard InChI is InChI=1S/C32H40FN3O4S/c1-6-24(4)34-32(38)30(20-25-12-8-7-9-13-25)35(21-26-16-18-27(33)19-17-26)31(37)22-36(41(5,39)40)29-15-11-10-14-28(29)23(2)3/h7-19,23-24,30H,6,20-22H2,1-5H3,(H,34,38)/t24-,30-/m0/s1. The van der Waals surface area contributed by atoms with Crippen LogP contribution in [0.4, 0.5) is 10.1 Å². The van der Waals surface area contributed by atoms with Crippen molar-refractivity contribution in [3.05, 3.63) is 101 Å². The molecule has 2 atom stereocenters. The van der Waals surface area contributed by atoms with Gasteiger partial charge in [-0.2, -0.15) is 0 Å². The van der Waals surface area contributed by atoms with Crippen LogP contribution in [0.15, 0.2) is 78.9 Å². The van der Waals surface area contributed by atoms with Crippen LogP contribution in [0.3, 0.4) is 0 Å². The van der Waals surface area contributed by atoms with Crippen molar-refractivity contribution in [1.82, 2.24) is 10.2 Å². The predicted octanol–water partition coefficient (Wildman–Crippen LogP) is 5.27. The van der Waals surface area contributed by atoms with Crippen molar-refractivity contribution in [1.29, 1.82) is 0 Å². The van der Waals surface area contributed by atoms with Gasteiger partial charge in [-0.05, 0) is 54.2 Å². The van der Waals surface area contributed by atoms with Crippen LogP contribution < -0.4 is 9.62 Å². The van der Waals surface area contributed by atoms with Crippen molar-refractivity contribution in [2.24, 2.45) is 0 Å². The fourth-order valence-electron chi connectivity index (χ4n) is 4.58. The first-order chi connectivity index (χ1) is 19.4. The van der Waals surface area contributed by atoms with E-state index in [0.717, 1.165) is 21.7 Å². The zero-order chi connectivity index (χ0) is 30.2. The molecule has 41 heavy (non-hydrogen) atoms. The monoisotopic (exact) mass is 581 g/mol. The Hall–Kier alpha value is -3.72. The molecule has 0 fully saturated rings. The molecule has 0 aliphatic heterocycles. The second kappa shape index (κ2) is 14.3. The number of nitrogens with zero attached hydrogens (tertiary/aromatic N) is 2. The number of anilines is 1. The number of benzene rings is 3. The number of carbonyl (C=O) groups is 2. The summed E-state index contributed by atoms with van der Waals surface area (Å²) >= 11 is 0. The highest BCUT2D eigenvalue weighted by Gasteiger charge is 2.34. The van der Waals surface area contributed by atoms with Gasteiger partial charge < -0.3 is 10.2 Å². The maximum atomic E-state index is 14.2. The molecular formula is C32H40FN3O4S. The van der Waals surface area contributed by atoms with Crippen LogP contribution in [0.2, 0.25) is 0 Å². The Morgan fingerprint density at radius 1 is 0.878 bits per heavy atom. The molecule has 3 aromatic carbocycles. The normalized spacial score (nSPS) is 13.0. The molecule has 9 heteroatoms. The van der Waals surface area contributed by atoms with Crippen molar-refractivity contribution >= 4 is 27.5 Å². The van der Waals surface area contributed by atoms with Gasteiger partial charge in [-0.1, -0.05) is 81.4 Å². The fraction of sp³-hybridized carbons (Fsp3) is 0.375. The average Bonchev–Trinajstić information content (AvgIpc) is 2.94. The summed E-state index contributed by atoms with van der Waals surface area (Å²) in [6.07, 6.45) is 1.99. The lowest BCUT2D eigenvalue weighted by atomic mass is 10.0. The Morgan fingerprint density at radius 3 is 2.07 bits per heavy atom. The van der Waals surface area contributed by atoms with Crippen LogP contribution >= 0.6 is 0 Å². The van der Waals surface area contributed by atoms with Crippen LogP contribution in [0, 0.1) is 5.82 Å². The van der Waals surface area contributed by atoms with Crippen molar-refractivity contribution in [2.45, 2.75) is 65.1 Å². The lowest BCUT2D eigenvalue weighted by Crippen LogP contribution is -2.54. The average molecular weight is 582 g/mol. The van der Waals surface area contributed by atoms with E-state index in [9.17, 15) is 22.4 Å². The van der Waals surface area contributed by atoms with E-state index in [-0.39, 0.29) is 30.8 Å². The molecular weight excluding hydrogens is 541 g/mol. The number of halogens is 1. The molecule has 0 saturated carbocycles. The van der Waals surface area contributed by atoms with E-state index in [1.807, 2.05) is 70.2 Å². The van der Waals surface area contributed by atoms with Crippen molar-refractivity contribution in [3.63, 3.8) is 0 Å². The van der Waals surface area contributed by atoms with E-state index in [1.54, 1.807) is 24.3 Å². The molecule has 0 bridgehead atoms. The van der Waals surface area contributed by atoms with Crippen LogP contribution in [-0.2, 0) is 32.6 Å². The minimum Gasteiger partial charge on any atom is -0.352 e. The molecule has 3 rings (SSSR count). The van der Waals surface area contributed by atoms with Crippen LogP contribution in [0.25, 0.3) is 0 Å². The Bertz CT molecular complexity index is 1410. The second-order valence-electron chi connectivity index (χ2n) is 10.7. The van der Waals surface area contributed by atoms with Gasteiger partial charge in [0.05, 0.1) is 11.9 Å². The van der Waals surface area contributed by atoms with Gasteiger partial charge in [0.2, 0.25) is 21.8 Å². The third kappa shape index (κ3) is 8.88. The zero-order valence-corrected chi connectivity index (χ0v) is 25.2. The highest BCUT2D eigenvalue weighted by Crippen LogP contribution is 2.29. The predicted molar refractivity (Wildman–Crippen MR) is 162 cm³/mol. The third-order valence-electron chi connectivity index (χ3n) is 7.04. The molecule has 220 valence electrons. The van der Waals surface area contributed by atoms with Crippen LogP contribution in [0.5, 0.6) is 0 Å². The van der Waals surface area contributed by atoms with Gasteiger partial charge in [0.25, 0.3) is 0 Å². The van der Waals surface area contributed by atoms with Gasteiger partial charge in [-0.15, -0.1) is 0 Å². The highest BCUT2D eigenvalue weighted by atomic mass is 32.2. The first-order valence-electron chi connectivity index (χ1n) is 13.9. The van der Waals surface area contributed by atoms with E-state index in [4.69, 9.17) is 0 Å². The quantitative estimate of drug-likeness (QED) is 0.298. The first kappa shape index (κ1) is 31.8. The summed E-state index contributed by atoms with van der Waals surface area (Å²) in [4.78, 5) is 29.3. The van der Waals surface area contributed by atoms with Gasteiger partial charge in [0.15, 0.2) is 0 Å². The smallest absolute Gasteiger partial charge is 0.244 e. The van der Waals surface area contributed by atoms with E-state index >= 15 is 0 Å². The Balaban J connectivity index is 2.09. The highest BCUT2D eigenvalue weighted by molar-refractivity contribution is 7.92. The van der Waals surface area contributed by atoms with Crippen molar-refractivity contribution < 1.29 is 22.4 Å². The van der Waals surface area contributed by atoms with Gasteiger partial charge in [-0.3, -0.25) is 13.9 Å².